The van der Waals surface area contributed by atoms with Crippen LogP contribution in [0.1, 0.15) is 38.3 Å². The van der Waals surface area contributed by atoms with Gasteiger partial charge in [-0.2, -0.15) is 0 Å². The number of aliphatic carboxylic acids is 1. The van der Waals surface area contributed by atoms with Gasteiger partial charge in [0.25, 0.3) is 0 Å². The molecular weight excluding hydrogens is 358 g/mol. The SMILES string of the molecule is CCCC(NC(=O)C(C)N1CCOC(CN(C)CC(=O)O)C1)c1ccccc1. The molecule has 0 aliphatic carbocycles. The van der Waals surface area contributed by atoms with E-state index in [-0.39, 0.29) is 30.6 Å². The average molecular weight is 392 g/mol. The van der Waals surface area contributed by atoms with Crippen molar-refractivity contribution in [2.24, 2.45) is 0 Å². The predicted octanol–water partition coefficient (Wildman–Crippen LogP) is 1.75. The van der Waals surface area contributed by atoms with E-state index >= 15 is 0 Å². The van der Waals surface area contributed by atoms with Crippen molar-refractivity contribution in [3.05, 3.63) is 35.9 Å². The van der Waals surface area contributed by atoms with Gasteiger partial charge in [-0.1, -0.05) is 43.7 Å². The van der Waals surface area contributed by atoms with Gasteiger partial charge in [-0.15, -0.1) is 0 Å². The predicted molar refractivity (Wildman–Crippen MR) is 108 cm³/mol. The number of nitrogens with zero attached hydrogens (tertiary/aromatic N) is 2. The molecule has 156 valence electrons. The van der Waals surface area contributed by atoms with E-state index < -0.39 is 5.97 Å². The summed E-state index contributed by atoms with van der Waals surface area (Å²) in [5.74, 6) is -0.840. The zero-order valence-corrected chi connectivity index (χ0v) is 17.1. The third kappa shape index (κ3) is 6.89. The summed E-state index contributed by atoms with van der Waals surface area (Å²) >= 11 is 0. The minimum atomic E-state index is -0.856. The van der Waals surface area contributed by atoms with Crippen LogP contribution >= 0.6 is 0 Å². The van der Waals surface area contributed by atoms with Gasteiger partial charge in [0.2, 0.25) is 5.91 Å². The molecule has 1 heterocycles. The number of carbonyl (C=O) groups excluding carboxylic acids is 1. The fourth-order valence-corrected chi connectivity index (χ4v) is 3.60. The van der Waals surface area contributed by atoms with Crippen molar-refractivity contribution in [2.45, 2.75) is 44.9 Å². The van der Waals surface area contributed by atoms with Crippen LogP contribution in [-0.2, 0) is 14.3 Å². The zero-order chi connectivity index (χ0) is 20.5. The first-order valence-corrected chi connectivity index (χ1v) is 10.0. The second-order valence-corrected chi connectivity index (χ2v) is 7.51. The molecule has 1 aromatic carbocycles. The Hall–Kier alpha value is -1.96. The van der Waals surface area contributed by atoms with E-state index in [2.05, 4.69) is 17.1 Å². The summed E-state index contributed by atoms with van der Waals surface area (Å²) in [6.07, 6.45) is 1.78. The summed E-state index contributed by atoms with van der Waals surface area (Å²) in [7, 11) is 1.77. The number of ether oxygens (including phenoxy) is 1. The molecule has 0 radical (unpaired) electrons. The normalized spacial score (nSPS) is 19.9. The van der Waals surface area contributed by atoms with Crippen LogP contribution in [0.15, 0.2) is 30.3 Å². The summed E-state index contributed by atoms with van der Waals surface area (Å²) in [5, 5.41) is 12.1. The van der Waals surface area contributed by atoms with Gasteiger partial charge in [0.05, 0.1) is 31.3 Å². The second-order valence-electron chi connectivity index (χ2n) is 7.51. The molecule has 1 saturated heterocycles. The van der Waals surface area contributed by atoms with Gasteiger partial charge in [0.15, 0.2) is 0 Å². The monoisotopic (exact) mass is 391 g/mol. The molecule has 1 aliphatic heterocycles. The number of hydrogen-bond acceptors (Lipinski definition) is 5. The minimum absolute atomic E-state index is 0.0136. The van der Waals surface area contributed by atoms with Crippen molar-refractivity contribution >= 4 is 11.9 Å². The molecule has 2 rings (SSSR count). The first-order valence-electron chi connectivity index (χ1n) is 10.0. The van der Waals surface area contributed by atoms with Gasteiger partial charge < -0.3 is 15.2 Å². The molecule has 2 N–H and O–H groups in total. The molecule has 3 unspecified atom stereocenters. The number of carboxylic acid groups (broad SMARTS) is 1. The van der Waals surface area contributed by atoms with Gasteiger partial charge in [-0.25, -0.2) is 0 Å². The third-order valence-corrected chi connectivity index (χ3v) is 5.11. The fraction of sp³-hybridized carbons (Fsp3) is 0.619. The highest BCUT2D eigenvalue weighted by Crippen LogP contribution is 2.19. The Kier molecular flexibility index (Phi) is 8.89. The maximum absolute atomic E-state index is 12.9. The van der Waals surface area contributed by atoms with Gasteiger partial charge in [-0.3, -0.25) is 19.4 Å². The number of carboxylic acids is 1. The molecule has 0 spiro atoms. The molecule has 7 nitrogen and oxygen atoms in total. The molecule has 7 heteroatoms. The van der Waals surface area contributed by atoms with Crippen molar-refractivity contribution in [2.75, 3.05) is 39.8 Å². The summed E-state index contributed by atoms with van der Waals surface area (Å²) in [6.45, 7) is 6.39. The smallest absolute Gasteiger partial charge is 0.317 e. The lowest BCUT2D eigenvalue weighted by atomic mass is 10.0. The topological polar surface area (TPSA) is 82.1 Å². The summed E-state index contributed by atoms with van der Waals surface area (Å²) in [5.41, 5.74) is 1.13. The molecular formula is C21H33N3O4. The first-order chi connectivity index (χ1) is 13.4. The lowest BCUT2D eigenvalue weighted by Gasteiger charge is -2.37. The maximum atomic E-state index is 12.9. The second kappa shape index (κ2) is 11.1. The number of rotatable bonds is 10. The van der Waals surface area contributed by atoms with Crippen molar-refractivity contribution in [1.82, 2.24) is 15.1 Å². The number of likely N-dealkylation sites (N-methyl/N-ethyl adjacent to an activating group) is 1. The quantitative estimate of drug-likeness (QED) is 0.632. The molecule has 1 fully saturated rings. The molecule has 0 saturated carbocycles. The van der Waals surface area contributed by atoms with Crippen molar-refractivity contribution in [1.29, 1.82) is 0 Å². The van der Waals surface area contributed by atoms with Crippen LogP contribution in [0, 0.1) is 0 Å². The Morgan fingerprint density at radius 2 is 2.07 bits per heavy atom. The highest BCUT2D eigenvalue weighted by Gasteiger charge is 2.29. The van der Waals surface area contributed by atoms with E-state index in [1.54, 1.807) is 11.9 Å². The van der Waals surface area contributed by atoms with E-state index in [0.29, 0.717) is 26.2 Å². The Morgan fingerprint density at radius 1 is 1.36 bits per heavy atom. The van der Waals surface area contributed by atoms with E-state index in [0.717, 1.165) is 18.4 Å². The van der Waals surface area contributed by atoms with E-state index in [1.165, 1.54) is 0 Å². The van der Waals surface area contributed by atoms with Crippen LogP contribution < -0.4 is 5.32 Å². The van der Waals surface area contributed by atoms with Crippen LogP contribution in [0.5, 0.6) is 0 Å². The summed E-state index contributed by atoms with van der Waals surface area (Å²) in [4.78, 5) is 27.6. The van der Waals surface area contributed by atoms with Crippen LogP contribution in [0.3, 0.4) is 0 Å². The molecule has 1 aromatic rings. The lowest BCUT2D eigenvalue weighted by molar-refractivity contribution is -0.138. The maximum Gasteiger partial charge on any atom is 0.317 e. The highest BCUT2D eigenvalue weighted by molar-refractivity contribution is 5.81. The lowest BCUT2D eigenvalue weighted by Crippen LogP contribution is -2.54. The standard InChI is InChI=1S/C21H33N3O4/c1-4-8-19(17-9-6-5-7-10-17)22-21(27)16(2)24-11-12-28-18(14-24)13-23(3)15-20(25)26/h5-7,9-10,16,18-19H,4,8,11-15H2,1-3H3,(H,22,27)(H,25,26). The Labute approximate surface area is 167 Å². The van der Waals surface area contributed by atoms with E-state index in [1.807, 2.05) is 37.3 Å². The molecule has 1 amide bonds. The molecule has 28 heavy (non-hydrogen) atoms. The number of amides is 1. The van der Waals surface area contributed by atoms with Crippen LogP contribution in [0.4, 0.5) is 0 Å². The number of nitrogens with one attached hydrogen (secondary N) is 1. The van der Waals surface area contributed by atoms with Crippen molar-refractivity contribution in [3.8, 4) is 0 Å². The van der Waals surface area contributed by atoms with E-state index in [9.17, 15) is 9.59 Å². The number of carbonyl (C=O) groups is 2. The number of hydrogen-bond donors (Lipinski definition) is 2. The van der Waals surface area contributed by atoms with Gasteiger partial charge >= 0.3 is 5.97 Å². The first kappa shape index (κ1) is 22.3. The van der Waals surface area contributed by atoms with Crippen LogP contribution in [-0.4, -0.2) is 78.8 Å². The van der Waals surface area contributed by atoms with Crippen LogP contribution in [0.2, 0.25) is 0 Å². The summed E-state index contributed by atoms with van der Waals surface area (Å²) < 4.78 is 5.77. The van der Waals surface area contributed by atoms with Gasteiger partial charge in [-0.05, 0) is 26.0 Å². The van der Waals surface area contributed by atoms with Gasteiger partial charge in [0, 0.05) is 19.6 Å². The molecule has 3 atom stereocenters. The zero-order valence-electron chi connectivity index (χ0n) is 17.1. The molecule has 0 bridgehead atoms. The number of benzene rings is 1. The Bertz CT molecular complexity index is 625. The van der Waals surface area contributed by atoms with Crippen molar-refractivity contribution < 1.29 is 19.4 Å². The minimum Gasteiger partial charge on any atom is -0.480 e. The molecule has 0 aromatic heterocycles. The highest BCUT2D eigenvalue weighted by atomic mass is 16.5. The fourth-order valence-electron chi connectivity index (χ4n) is 3.60. The van der Waals surface area contributed by atoms with Gasteiger partial charge in [0.1, 0.15) is 0 Å². The molecule has 1 aliphatic rings. The van der Waals surface area contributed by atoms with E-state index in [4.69, 9.17) is 9.84 Å². The average Bonchev–Trinajstić information content (AvgIpc) is 2.67. The van der Waals surface area contributed by atoms with Crippen molar-refractivity contribution in [3.63, 3.8) is 0 Å². The Balaban J connectivity index is 1.92. The summed E-state index contributed by atoms with van der Waals surface area (Å²) in [6, 6.07) is 9.81. The third-order valence-electron chi connectivity index (χ3n) is 5.11. The number of morpholine rings is 1. The largest absolute Gasteiger partial charge is 0.480 e. The Morgan fingerprint density at radius 3 is 2.71 bits per heavy atom. The van der Waals surface area contributed by atoms with Crippen LogP contribution in [0.25, 0.3) is 0 Å².